The van der Waals surface area contributed by atoms with E-state index >= 15 is 0 Å². The van der Waals surface area contributed by atoms with Crippen molar-refractivity contribution >= 4 is 0 Å². The van der Waals surface area contributed by atoms with Crippen LogP contribution in [0.2, 0.25) is 0 Å². The molecule has 1 fully saturated rings. The number of aliphatic hydroxyl groups excluding tert-OH is 1. The van der Waals surface area contributed by atoms with Crippen LogP contribution in [0, 0.1) is 0 Å². The molecule has 5 nitrogen and oxygen atoms in total. The normalized spacial score (nSPS) is 24.9. The van der Waals surface area contributed by atoms with E-state index in [0.29, 0.717) is 18.3 Å². The molecule has 5 heteroatoms. The fourth-order valence-electron chi connectivity index (χ4n) is 1.39. The number of nitrogens with zero attached hydrogens (tertiary/aromatic N) is 3. The molecule has 1 aliphatic heterocycles. The van der Waals surface area contributed by atoms with Crippen molar-refractivity contribution in [2.24, 2.45) is 0 Å². The highest BCUT2D eigenvalue weighted by molar-refractivity contribution is 4.96. The minimum absolute atomic E-state index is 0.292. The Bertz CT molecular complexity index is 279. The van der Waals surface area contributed by atoms with Crippen LogP contribution < -0.4 is 0 Å². The van der Waals surface area contributed by atoms with Crippen LogP contribution in [0.15, 0.2) is 6.20 Å². The van der Waals surface area contributed by atoms with Gasteiger partial charge in [-0.15, -0.1) is 5.10 Å². The van der Waals surface area contributed by atoms with Crippen molar-refractivity contribution in [1.29, 1.82) is 0 Å². The second-order valence-electron chi connectivity index (χ2n) is 3.32. The molecule has 1 saturated heterocycles. The van der Waals surface area contributed by atoms with E-state index in [1.54, 1.807) is 17.8 Å². The van der Waals surface area contributed by atoms with Gasteiger partial charge in [0.15, 0.2) is 0 Å². The monoisotopic (exact) mass is 183 g/mol. The highest BCUT2D eigenvalue weighted by atomic mass is 16.5. The molecule has 2 atom stereocenters. The zero-order chi connectivity index (χ0) is 9.26. The van der Waals surface area contributed by atoms with Crippen LogP contribution in [-0.4, -0.2) is 33.3 Å². The zero-order valence-electron chi connectivity index (χ0n) is 7.55. The van der Waals surface area contributed by atoms with Crippen LogP contribution in [0.1, 0.15) is 31.2 Å². The zero-order valence-corrected chi connectivity index (χ0v) is 7.55. The fourth-order valence-corrected chi connectivity index (χ4v) is 1.39. The van der Waals surface area contributed by atoms with Gasteiger partial charge in [0.1, 0.15) is 5.69 Å². The maximum absolute atomic E-state index is 9.23. The van der Waals surface area contributed by atoms with Gasteiger partial charge in [0, 0.05) is 6.61 Å². The maximum atomic E-state index is 9.23. The van der Waals surface area contributed by atoms with Crippen LogP contribution in [-0.2, 0) is 4.74 Å². The second-order valence-corrected chi connectivity index (χ2v) is 3.32. The van der Waals surface area contributed by atoms with Crippen LogP contribution in [0.3, 0.4) is 0 Å². The summed E-state index contributed by atoms with van der Waals surface area (Å²) in [5.74, 6) is 0. The number of ether oxygens (including phenoxy) is 1. The summed E-state index contributed by atoms with van der Waals surface area (Å²) in [6.45, 7) is 3.16. The van der Waals surface area contributed by atoms with Gasteiger partial charge in [-0.3, -0.25) is 0 Å². The topological polar surface area (TPSA) is 60.2 Å². The SMILES string of the molecule is CC(O)c1cn(C2CCOC2)nn1. The molecule has 0 saturated carbocycles. The molecular weight excluding hydrogens is 170 g/mol. The van der Waals surface area contributed by atoms with Gasteiger partial charge in [-0.1, -0.05) is 5.21 Å². The molecule has 0 aromatic carbocycles. The predicted octanol–water partition coefficient (Wildman–Crippen LogP) is 0.293. The average Bonchev–Trinajstić information content (AvgIpc) is 2.75. The first-order valence-electron chi connectivity index (χ1n) is 4.45. The van der Waals surface area contributed by atoms with Gasteiger partial charge in [-0.25, -0.2) is 4.68 Å². The molecule has 0 aliphatic carbocycles. The van der Waals surface area contributed by atoms with E-state index in [-0.39, 0.29) is 0 Å². The van der Waals surface area contributed by atoms with Crippen LogP contribution in [0.5, 0.6) is 0 Å². The lowest BCUT2D eigenvalue weighted by Crippen LogP contribution is -2.09. The summed E-state index contributed by atoms with van der Waals surface area (Å²) in [6.07, 6.45) is 2.21. The van der Waals surface area contributed by atoms with Crippen molar-refractivity contribution < 1.29 is 9.84 Å². The van der Waals surface area contributed by atoms with Crippen molar-refractivity contribution in [1.82, 2.24) is 15.0 Å². The Hall–Kier alpha value is -0.940. The number of aliphatic hydroxyl groups is 1. The Kier molecular flexibility index (Phi) is 2.28. The van der Waals surface area contributed by atoms with Gasteiger partial charge in [0.25, 0.3) is 0 Å². The minimum Gasteiger partial charge on any atom is -0.387 e. The molecule has 1 N–H and O–H groups in total. The molecule has 0 spiro atoms. The molecule has 2 unspecified atom stereocenters. The number of hydrogen-bond donors (Lipinski definition) is 1. The third-order valence-electron chi connectivity index (χ3n) is 2.24. The van der Waals surface area contributed by atoms with E-state index in [4.69, 9.17) is 4.74 Å². The van der Waals surface area contributed by atoms with Crippen molar-refractivity contribution in [3.8, 4) is 0 Å². The molecule has 0 bridgehead atoms. The predicted molar refractivity (Wildman–Crippen MR) is 45.1 cm³/mol. The summed E-state index contributed by atoms with van der Waals surface area (Å²) in [5, 5.41) is 17.0. The smallest absolute Gasteiger partial charge is 0.111 e. The van der Waals surface area contributed by atoms with Gasteiger partial charge >= 0.3 is 0 Å². The van der Waals surface area contributed by atoms with E-state index in [0.717, 1.165) is 13.0 Å². The molecule has 1 aromatic heterocycles. The van der Waals surface area contributed by atoms with Crippen molar-refractivity contribution in [3.63, 3.8) is 0 Å². The van der Waals surface area contributed by atoms with Gasteiger partial charge in [0.05, 0.1) is 24.9 Å². The fraction of sp³-hybridized carbons (Fsp3) is 0.750. The first-order chi connectivity index (χ1) is 6.27. The van der Waals surface area contributed by atoms with E-state index in [9.17, 15) is 5.11 Å². The maximum Gasteiger partial charge on any atom is 0.111 e. The lowest BCUT2D eigenvalue weighted by Gasteiger charge is -2.05. The summed E-state index contributed by atoms with van der Waals surface area (Å²) >= 11 is 0. The summed E-state index contributed by atoms with van der Waals surface area (Å²) in [4.78, 5) is 0. The van der Waals surface area contributed by atoms with Gasteiger partial charge in [-0.2, -0.15) is 0 Å². The molecule has 13 heavy (non-hydrogen) atoms. The Morgan fingerprint density at radius 1 is 1.77 bits per heavy atom. The Balaban J connectivity index is 2.12. The molecule has 1 aliphatic rings. The van der Waals surface area contributed by atoms with E-state index in [2.05, 4.69) is 10.3 Å². The minimum atomic E-state index is -0.545. The van der Waals surface area contributed by atoms with Crippen molar-refractivity contribution in [3.05, 3.63) is 11.9 Å². The molecule has 0 radical (unpaired) electrons. The highest BCUT2D eigenvalue weighted by Crippen LogP contribution is 2.18. The average molecular weight is 183 g/mol. The standard InChI is InChI=1S/C8H13N3O2/c1-6(12)8-4-11(10-9-8)7-2-3-13-5-7/h4,6-7,12H,2-3,5H2,1H3. The summed E-state index contributed by atoms with van der Waals surface area (Å²) in [5.41, 5.74) is 0.618. The summed E-state index contributed by atoms with van der Waals surface area (Å²) in [6, 6.07) is 0.292. The number of hydrogen-bond acceptors (Lipinski definition) is 4. The second kappa shape index (κ2) is 3.43. The van der Waals surface area contributed by atoms with Crippen LogP contribution in [0.4, 0.5) is 0 Å². The molecule has 72 valence electrons. The number of aromatic nitrogens is 3. The lowest BCUT2D eigenvalue weighted by molar-refractivity contribution is 0.184. The van der Waals surface area contributed by atoms with Crippen LogP contribution in [0.25, 0.3) is 0 Å². The van der Waals surface area contributed by atoms with E-state index < -0.39 is 6.10 Å². The third-order valence-corrected chi connectivity index (χ3v) is 2.24. The van der Waals surface area contributed by atoms with Crippen LogP contribution >= 0.6 is 0 Å². The van der Waals surface area contributed by atoms with Crippen molar-refractivity contribution in [2.75, 3.05) is 13.2 Å². The van der Waals surface area contributed by atoms with Gasteiger partial charge in [0.2, 0.25) is 0 Å². The third kappa shape index (κ3) is 1.71. The summed E-state index contributed by atoms with van der Waals surface area (Å²) in [7, 11) is 0. The quantitative estimate of drug-likeness (QED) is 0.716. The van der Waals surface area contributed by atoms with Gasteiger partial charge in [-0.05, 0) is 13.3 Å². The first kappa shape index (κ1) is 8.65. The highest BCUT2D eigenvalue weighted by Gasteiger charge is 2.19. The molecule has 1 aromatic rings. The molecule has 2 rings (SSSR count). The Labute approximate surface area is 76.3 Å². The Morgan fingerprint density at radius 3 is 3.15 bits per heavy atom. The molecular formula is C8H13N3O2. The van der Waals surface area contributed by atoms with E-state index in [1.807, 2.05) is 0 Å². The summed E-state index contributed by atoms with van der Waals surface area (Å²) < 4.78 is 7.00. The largest absolute Gasteiger partial charge is 0.387 e. The first-order valence-corrected chi connectivity index (χ1v) is 4.45. The van der Waals surface area contributed by atoms with E-state index in [1.165, 1.54) is 0 Å². The van der Waals surface area contributed by atoms with Crippen molar-refractivity contribution in [2.45, 2.75) is 25.5 Å². The lowest BCUT2D eigenvalue weighted by atomic mass is 10.2. The Morgan fingerprint density at radius 2 is 2.62 bits per heavy atom. The van der Waals surface area contributed by atoms with Gasteiger partial charge < -0.3 is 9.84 Å². The molecule has 0 amide bonds. The molecule has 2 heterocycles. The number of rotatable bonds is 2.